The molecule has 0 saturated carbocycles. The average molecular weight is 471 g/mol. The second-order valence-electron chi connectivity index (χ2n) is 8.88. The highest BCUT2D eigenvalue weighted by Gasteiger charge is 2.25. The molecule has 0 radical (unpaired) electrons. The fraction of sp³-hybridized carbons (Fsp3) is 0.241. The lowest BCUT2D eigenvalue weighted by atomic mass is 9.99. The summed E-state index contributed by atoms with van der Waals surface area (Å²) in [6, 6.07) is 19.9. The van der Waals surface area contributed by atoms with E-state index in [2.05, 4.69) is 25.2 Å². The molecule has 2 unspecified atom stereocenters. The van der Waals surface area contributed by atoms with Crippen LogP contribution < -0.4 is 5.32 Å². The van der Waals surface area contributed by atoms with E-state index in [-0.39, 0.29) is 17.8 Å². The van der Waals surface area contributed by atoms with E-state index in [0.29, 0.717) is 46.3 Å². The Bertz CT molecular complexity index is 1420. The third-order valence-corrected chi connectivity index (χ3v) is 6.67. The molecule has 178 valence electrons. The number of nitrogens with one attached hydrogen (secondary N) is 1. The summed E-state index contributed by atoms with van der Waals surface area (Å²) in [6.45, 7) is 4.97. The molecule has 3 aromatic carbocycles. The summed E-state index contributed by atoms with van der Waals surface area (Å²) < 4.78 is 25.5. The van der Waals surface area contributed by atoms with Gasteiger partial charge in [-0.25, -0.2) is 9.38 Å². The van der Waals surface area contributed by atoms with Gasteiger partial charge in [0.15, 0.2) is 0 Å². The third-order valence-electron chi connectivity index (χ3n) is 6.67. The fourth-order valence-electron chi connectivity index (χ4n) is 4.37. The predicted molar refractivity (Wildman–Crippen MR) is 136 cm³/mol. The zero-order chi connectivity index (χ0) is 24.5. The van der Waals surface area contributed by atoms with Crippen LogP contribution in [0.5, 0.6) is 0 Å². The average Bonchev–Trinajstić information content (AvgIpc) is 3.53. The topological polar surface area (TPSA) is 63.8 Å². The monoisotopic (exact) mass is 470 g/mol. The summed E-state index contributed by atoms with van der Waals surface area (Å²) >= 11 is 0. The van der Waals surface area contributed by atoms with E-state index in [1.807, 2.05) is 36.4 Å². The Morgan fingerprint density at radius 1 is 1.06 bits per heavy atom. The number of carbonyl (C=O) groups excluding carboxylic acids is 1. The van der Waals surface area contributed by atoms with Gasteiger partial charge >= 0.3 is 0 Å². The van der Waals surface area contributed by atoms with Crippen molar-refractivity contribution in [2.24, 2.45) is 10.9 Å². The van der Waals surface area contributed by atoms with Gasteiger partial charge in [0, 0.05) is 23.6 Å². The number of benzene rings is 3. The van der Waals surface area contributed by atoms with E-state index in [9.17, 15) is 9.18 Å². The number of halogens is 1. The second kappa shape index (κ2) is 9.37. The third kappa shape index (κ3) is 4.32. The normalized spacial score (nSPS) is 16.1. The quantitative estimate of drug-likeness (QED) is 0.352. The van der Waals surface area contributed by atoms with E-state index >= 15 is 0 Å². The Labute approximate surface area is 203 Å². The molecule has 35 heavy (non-hydrogen) atoms. The van der Waals surface area contributed by atoms with Gasteiger partial charge in [0.25, 0.3) is 5.91 Å². The number of carbonyl (C=O) groups is 1. The maximum absolute atomic E-state index is 13.5. The minimum Gasteiger partial charge on any atom is -0.475 e. The smallest absolute Gasteiger partial charge is 0.255 e. The van der Waals surface area contributed by atoms with Crippen molar-refractivity contribution in [1.29, 1.82) is 0 Å². The summed E-state index contributed by atoms with van der Waals surface area (Å²) in [4.78, 5) is 17.7. The molecule has 1 amide bonds. The summed E-state index contributed by atoms with van der Waals surface area (Å²) in [6.07, 6.45) is 1.06. The number of amides is 1. The molecule has 0 spiro atoms. The first-order valence-electron chi connectivity index (χ1n) is 11.8. The number of nitrogens with zero attached hydrogens (tertiary/aromatic N) is 1. The number of rotatable bonds is 6. The van der Waals surface area contributed by atoms with Crippen LogP contribution in [0, 0.1) is 11.7 Å². The Hall–Kier alpha value is -3.93. The molecule has 1 aliphatic heterocycles. The number of ether oxygens (including phenoxy) is 1. The maximum Gasteiger partial charge on any atom is 0.255 e. The Morgan fingerprint density at radius 3 is 2.51 bits per heavy atom. The number of aliphatic imine (C=N–C) groups is 1. The Kier molecular flexibility index (Phi) is 6.12. The minimum atomic E-state index is -0.347. The summed E-state index contributed by atoms with van der Waals surface area (Å²) in [5, 5.41) is 3.39. The van der Waals surface area contributed by atoms with Gasteiger partial charge in [-0.1, -0.05) is 38.5 Å². The number of furan rings is 1. The molecule has 2 heterocycles. The van der Waals surface area contributed by atoms with Crippen LogP contribution in [0.4, 0.5) is 4.39 Å². The molecule has 1 aliphatic rings. The Balaban J connectivity index is 1.57. The SMILES string of the molecule is CCC(C)C1COC(c2cccc(-c3ccc4oc(-c5ccc(F)cc5)c(C(=O)NC)c4c3)c2)=N1. The molecule has 2 atom stereocenters. The highest BCUT2D eigenvalue weighted by molar-refractivity contribution is 6.11. The van der Waals surface area contributed by atoms with Crippen LogP contribution in [-0.4, -0.2) is 31.5 Å². The van der Waals surface area contributed by atoms with Crippen molar-refractivity contribution in [2.45, 2.75) is 26.3 Å². The van der Waals surface area contributed by atoms with Crippen LogP contribution in [-0.2, 0) is 4.74 Å². The van der Waals surface area contributed by atoms with Crippen LogP contribution in [0.3, 0.4) is 0 Å². The van der Waals surface area contributed by atoms with E-state index in [4.69, 9.17) is 14.1 Å². The number of hydrogen-bond acceptors (Lipinski definition) is 4. The molecular weight excluding hydrogens is 443 g/mol. The van der Waals surface area contributed by atoms with Gasteiger partial charge in [-0.2, -0.15) is 0 Å². The minimum absolute atomic E-state index is 0.181. The van der Waals surface area contributed by atoms with Crippen molar-refractivity contribution in [2.75, 3.05) is 13.7 Å². The zero-order valence-corrected chi connectivity index (χ0v) is 20.0. The van der Waals surface area contributed by atoms with Gasteiger partial charge in [0.1, 0.15) is 23.8 Å². The standard InChI is InChI=1S/C29H27FN2O3/c1-4-17(2)24-16-34-29(32-24)21-7-5-6-19(14-21)20-10-13-25-23(15-20)26(28(33)31-3)27(35-25)18-8-11-22(30)12-9-18/h5-15,17,24H,4,16H2,1-3H3,(H,31,33). The molecule has 5 nitrogen and oxygen atoms in total. The molecule has 0 saturated heterocycles. The first-order valence-corrected chi connectivity index (χ1v) is 11.8. The molecular formula is C29H27FN2O3. The van der Waals surface area contributed by atoms with Crippen LogP contribution >= 0.6 is 0 Å². The molecule has 0 fully saturated rings. The zero-order valence-electron chi connectivity index (χ0n) is 20.0. The van der Waals surface area contributed by atoms with Gasteiger partial charge in [0.05, 0.1) is 11.6 Å². The van der Waals surface area contributed by atoms with Gasteiger partial charge in [-0.3, -0.25) is 4.79 Å². The highest BCUT2D eigenvalue weighted by Crippen LogP contribution is 2.36. The lowest BCUT2D eigenvalue weighted by Gasteiger charge is -2.11. The summed E-state index contributed by atoms with van der Waals surface area (Å²) in [5.41, 5.74) is 4.49. The highest BCUT2D eigenvalue weighted by atomic mass is 19.1. The van der Waals surface area contributed by atoms with E-state index in [0.717, 1.165) is 23.1 Å². The molecule has 6 heteroatoms. The fourth-order valence-corrected chi connectivity index (χ4v) is 4.37. The largest absolute Gasteiger partial charge is 0.475 e. The molecule has 5 rings (SSSR count). The van der Waals surface area contributed by atoms with Crippen molar-refractivity contribution in [1.82, 2.24) is 5.32 Å². The van der Waals surface area contributed by atoms with Crippen molar-refractivity contribution >= 4 is 22.8 Å². The molecule has 1 N–H and O–H groups in total. The van der Waals surface area contributed by atoms with Crippen LogP contribution in [0.1, 0.15) is 36.2 Å². The predicted octanol–water partition coefficient (Wildman–Crippen LogP) is 6.46. The molecule has 1 aromatic heterocycles. The van der Waals surface area contributed by atoms with Gasteiger partial charge in [-0.05, 0) is 65.6 Å². The molecule has 0 bridgehead atoms. The van der Waals surface area contributed by atoms with Gasteiger partial charge in [-0.15, -0.1) is 0 Å². The lowest BCUT2D eigenvalue weighted by Crippen LogP contribution is -2.18. The van der Waals surface area contributed by atoms with Crippen LogP contribution in [0.25, 0.3) is 33.4 Å². The van der Waals surface area contributed by atoms with Crippen molar-refractivity contribution in [3.63, 3.8) is 0 Å². The van der Waals surface area contributed by atoms with Crippen LogP contribution in [0.2, 0.25) is 0 Å². The van der Waals surface area contributed by atoms with Crippen molar-refractivity contribution < 1.29 is 18.3 Å². The maximum atomic E-state index is 13.5. The lowest BCUT2D eigenvalue weighted by molar-refractivity contribution is 0.0964. The first-order chi connectivity index (χ1) is 17.0. The second-order valence-corrected chi connectivity index (χ2v) is 8.88. The molecule has 0 aliphatic carbocycles. The summed E-state index contributed by atoms with van der Waals surface area (Å²) in [5.74, 6) is 0.942. The van der Waals surface area contributed by atoms with Gasteiger partial charge < -0.3 is 14.5 Å². The van der Waals surface area contributed by atoms with E-state index in [1.54, 1.807) is 19.2 Å². The summed E-state index contributed by atoms with van der Waals surface area (Å²) in [7, 11) is 1.58. The van der Waals surface area contributed by atoms with Crippen molar-refractivity contribution in [3.05, 3.63) is 83.7 Å². The van der Waals surface area contributed by atoms with E-state index in [1.165, 1.54) is 12.1 Å². The molecule has 4 aromatic rings. The van der Waals surface area contributed by atoms with Crippen molar-refractivity contribution in [3.8, 4) is 22.5 Å². The Morgan fingerprint density at radius 2 is 1.77 bits per heavy atom. The first kappa shape index (κ1) is 22.8. The number of hydrogen-bond donors (Lipinski definition) is 1. The van der Waals surface area contributed by atoms with Gasteiger partial charge in [0.2, 0.25) is 5.90 Å². The number of fused-ring (bicyclic) bond motifs is 1. The van der Waals surface area contributed by atoms with Crippen LogP contribution in [0.15, 0.2) is 76.1 Å². The van der Waals surface area contributed by atoms with E-state index < -0.39 is 0 Å².